The molecular formula is C11H15FN2O2. The van der Waals surface area contributed by atoms with E-state index in [1.165, 1.54) is 6.07 Å². The van der Waals surface area contributed by atoms with E-state index in [0.29, 0.717) is 31.8 Å². The van der Waals surface area contributed by atoms with Gasteiger partial charge >= 0.3 is 5.97 Å². The summed E-state index contributed by atoms with van der Waals surface area (Å²) in [5.74, 6) is 0.0405. The third-order valence-corrected chi connectivity index (χ3v) is 1.90. The zero-order valence-electron chi connectivity index (χ0n) is 9.20. The summed E-state index contributed by atoms with van der Waals surface area (Å²) in [5.41, 5.74) is 0. The monoisotopic (exact) mass is 226 g/mol. The van der Waals surface area contributed by atoms with E-state index in [1.807, 2.05) is 0 Å². The molecule has 0 aliphatic heterocycles. The molecule has 4 nitrogen and oxygen atoms in total. The summed E-state index contributed by atoms with van der Waals surface area (Å²) in [5, 5.41) is 2.98. The molecule has 1 rings (SSSR count). The van der Waals surface area contributed by atoms with E-state index < -0.39 is 0 Å². The molecule has 0 unspecified atom stereocenters. The second-order valence-electron chi connectivity index (χ2n) is 3.20. The predicted molar refractivity (Wildman–Crippen MR) is 58.6 cm³/mol. The molecule has 1 N–H and O–H groups in total. The Morgan fingerprint density at radius 2 is 2.38 bits per heavy atom. The Bertz CT molecular complexity index is 327. The van der Waals surface area contributed by atoms with Gasteiger partial charge in [-0.2, -0.15) is 0 Å². The van der Waals surface area contributed by atoms with Gasteiger partial charge in [0.1, 0.15) is 11.6 Å². The second-order valence-corrected chi connectivity index (χ2v) is 3.20. The predicted octanol–water partition coefficient (Wildman–Crippen LogP) is 1.98. The number of pyridine rings is 1. The van der Waals surface area contributed by atoms with Crippen LogP contribution in [0.5, 0.6) is 0 Å². The third-order valence-electron chi connectivity index (χ3n) is 1.90. The highest BCUT2D eigenvalue weighted by atomic mass is 19.1. The fraction of sp³-hybridized carbons (Fsp3) is 0.455. The molecule has 0 aliphatic rings. The fourth-order valence-electron chi connectivity index (χ4n) is 1.16. The zero-order chi connectivity index (χ0) is 11.8. The number of ether oxygens (including phenoxy) is 1. The summed E-state index contributed by atoms with van der Waals surface area (Å²) >= 11 is 0. The van der Waals surface area contributed by atoms with Gasteiger partial charge in [-0.05, 0) is 25.5 Å². The van der Waals surface area contributed by atoms with Crippen LogP contribution >= 0.6 is 0 Å². The minimum Gasteiger partial charge on any atom is -0.466 e. The Balaban J connectivity index is 2.16. The Hall–Kier alpha value is -1.65. The van der Waals surface area contributed by atoms with Crippen molar-refractivity contribution in [1.29, 1.82) is 0 Å². The molecule has 0 saturated heterocycles. The molecule has 1 aromatic rings. The van der Waals surface area contributed by atoms with Crippen LogP contribution in [0.25, 0.3) is 0 Å². The molecule has 0 spiro atoms. The highest BCUT2D eigenvalue weighted by Gasteiger charge is 2.00. The number of hydrogen-bond donors (Lipinski definition) is 1. The van der Waals surface area contributed by atoms with Gasteiger partial charge in [0, 0.05) is 13.0 Å². The van der Waals surface area contributed by atoms with Crippen molar-refractivity contribution in [2.45, 2.75) is 19.8 Å². The zero-order valence-corrected chi connectivity index (χ0v) is 9.20. The van der Waals surface area contributed by atoms with Crippen LogP contribution in [-0.2, 0) is 9.53 Å². The van der Waals surface area contributed by atoms with E-state index in [1.54, 1.807) is 13.0 Å². The van der Waals surface area contributed by atoms with Crippen LogP contribution < -0.4 is 5.32 Å². The lowest BCUT2D eigenvalue weighted by molar-refractivity contribution is -0.143. The van der Waals surface area contributed by atoms with E-state index in [4.69, 9.17) is 4.74 Å². The number of nitrogens with zero attached hydrogens (tertiary/aromatic N) is 1. The molecule has 0 bridgehead atoms. The first-order valence-corrected chi connectivity index (χ1v) is 5.23. The van der Waals surface area contributed by atoms with E-state index in [2.05, 4.69) is 10.3 Å². The number of nitrogens with one attached hydrogen (secondary N) is 1. The Labute approximate surface area is 93.8 Å². The summed E-state index contributed by atoms with van der Waals surface area (Å²) < 4.78 is 17.3. The first-order valence-electron chi connectivity index (χ1n) is 5.23. The van der Waals surface area contributed by atoms with Crippen LogP contribution in [0.1, 0.15) is 19.8 Å². The Morgan fingerprint density at radius 3 is 3.00 bits per heavy atom. The molecule has 0 atom stereocenters. The minimum absolute atomic E-state index is 0.198. The molecule has 0 saturated carbocycles. The van der Waals surface area contributed by atoms with Gasteiger partial charge in [-0.15, -0.1) is 0 Å². The van der Waals surface area contributed by atoms with Crippen LogP contribution in [0.3, 0.4) is 0 Å². The number of esters is 1. The maximum Gasteiger partial charge on any atom is 0.305 e. The first-order chi connectivity index (χ1) is 7.72. The van der Waals surface area contributed by atoms with Crippen molar-refractivity contribution >= 4 is 11.8 Å². The topological polar surface area (TPSA) is 51.2 Å². The highest BCUT2D eigenvalue weighted by molar-refractivity contribution is 5.69. The average molecular weight is 226 g/mol. The van der Waals surface area contributed by atoms with E-state index in [-0.39, 0.29) is 11.8 Å². The standard InChI is InChI=1S/C11H15FN2O2/c1-2-16-11(15)4-3-7-13-10-6-5-9(12)8-14-10/h5-6,8H,2-4,7H2,1H3,(H,13,14). The molecule has 0 aromatic carbocycles. The van der Waals surface area contributed by atoms with Gasteiger partial charge in [0.2, 0.25) is 0 Å². The smallest absolute Gasteiger partial charge is 0.305 e. The van der Waals surface area contributed by atoms with Crippen LogP contribution in [-0.4, -0.2) is 24.1 Å². The van der Waals surface area contributed by atoms with Gasteiger partial charge in [-0.1, -0.05) is 0 Å². The summed E-state index contributed by atoms with van der Waals surface area (Å²) in [6.45, 7) is 2.79. The van der Waals surface area contributed by atoms with Crippen molar-refractivity contribution in [3.63, 3.8) is 0 Å². The van der Waals surface area contributed by atoms with Crippen LogP contribution in [0.4, 0.5) is 10.2 Å². The van der Waals surface area contributed by atoms with E-state index in [0.717, 1.165) is 6.20 Å². The van der Waals surface area contributed by atoms with Crippen molar-refractivity contribution in [3.05, 3.63) is 24.1 Å². The van der Waals surface area contributed by atoms with Crippen LogP contribution in [0.15, 0.2) is 18.3 Å². The summed E-state index contributed by atoms with van der Waals surface area (Å²) in [6, 6.07) is 2.89. The molecule has 1 heterocycles. The quantitative estimate of drug-likeness (QED) is 0.595. The molecule has 16 heavy (non-hydrogen) atoms. The summed E-state index contributed by atoms with van der Waals surface area (Å²) in [7, 11) is 0. The molecule has 0 amide bonds. The van der Waals surface area contributed by atoms with Gasteiger partial charge in [-0.3, -0.25) is 4.79 Å². The van der Waals surface area contributed by atoms with Crippen LogP contribution in [0.2, 0.25) is 0 Å². The van der Waals surface area contributed by atoms with E-state index >= 15 is 0 Å². The van der Waals surface area contributed by atoms with Gasteiger partial charge in [0.15, 0.2) is 0 Å². The average Bonchev–Trinajstić information content (AvgIpc) is 2.27. The van der Waals surface area contributed by atoms with Gasteiger partial charge < -0.3 is 10.1 Å². The normalized spacial score (nSPS) is 9.88. The SMILES string of the molecule is CCOC(=O)CCCNc1ccc(F)cn1. The van der Waals surface area contributed by atoms with Crippen molar-refractivity contribution in [2.75, 3.05) is 18.5 Å². The number of carbonyl (C=O) groups is 1. The molecule has 0 aliphatic carbocycles. The molecule has 0 fully saturated rings. The number of aromatic nitrogens is 1. The van der Waals surface area contributed by atoms with Crippen molar-refractivity contribution in [3.8, 4) is 0 Å². The number of anilines is 1. The van der Waals surface area contributed by atoms with Crippen molar-refractivity contribution in [2.24, 2.45) is 0 Å². The lowest BCUT2D eigenvalue weighted by atomic mass is 10.3. The molecule has 88 valence electrons. The van der Waals surface area contributed by atoms with E-state index in [9.17, 15) is 9.18 Å². The molecule has 5 heteroatoms. The second kappa shape index (κ2) is 6.76. The number of carbonyl (C=O) groups excluding carboxylic acids is 1. The Morgan fingerprint density at radius 1 is 1.56 bits per heavy atom. The van der Waals surface area contributed by atoms with Gasteiger partial charge in [0.25, 0.3) is 0 Å². The lowest BCUT2D eigenvalue weighted by Gasteiger charge is -2.04. The van der Waals surface area contributed by atoms with Gasteiger partial charge in [-0.25, -0.2) is 9.37 Å². The molecule has 0 radical (unpaired) electrons. The maximum absolute atomic E-state index is 12.5. The molecular weight excluding hydrogens is 211 g/mol. The third kappa shape index (κ3) is 4.72. The van der Waals surface area contributed by atoms with Crippen molar-refractivity contribution < 1.29 is 13.9 Å². The summed E-state index contributed by atoms with van der Waals surface area (Å²) in [4.78, 5) is 14.8. The number of hydrogen-bond acceptors (Lipinski definition) is 4. The Kier molecular flexibility index (Phi) is 5.25. The van der Waals surface area contributed by atoms with Gasteiger partial charge in [0.05, 0.1) is 12.8 Å². The first kappa shape index (κ1) is 12.4. The largest absolute Gasteiger partial charge is 0.466 e. The van der Waals surface area contributed by atoms with Crippen molar-refractivity contribution in [1.82, 2.24) is 4.98 Å². The summed E-state index contributed by atoms with van der Waals surface area (Å²) in [6.07, 6.45) is 2.19. The lowest BCUT2D eigenvalue weighted by Crippen LogP contribution is -2.08. The maximum atomic E-state index is 12.5. The highest BCUT2D eigenvalue weighted by Crippen LogP contribution is 2.03. The number of rotatable bonds is 6. The number of halogens is 1. The molecule has 1 aromatic heterocycles. The minimum atomic E-state index is -0.364. The fourth-order valence-corrected chi connectivity index (χ4v) is 1.16. The van der Waals surface area contributed by atoms with Crippen LogP contribution in [0, 0.1) is 5.82 Å².